The summed E-state index contributed by atoms with van der Waals surface area (Å²) in [5.41, 5.74) is 1.15. The topological polar surface area (TPSA) is 22.1 Å². The van der Waals surface area contributed by atoms with Crippen molar-refractivity contribution in [2.75, 3.05) is 7.11 Å². The van der Waals surface area contributed by atoms with Crippen LogP contribution in [0.1, 0.15) is 5.56 Å². The smallest absolute Gasteiger partial charge is 0.122 e. The standard InChI is InChI=1S/C11H11NO/c1-8-10-7-12-6-5-9(10)3-4-11(8)13-2/h3-7H,1-2H3. The summed E-state index contributed by atoms with van der Waals surface area (Å²) in [7, 11) is 1.69. The van der Waals surface area contributed by atoms with Gasteiger partial charge in [0.1, 0.15) is 5.75 Å². The lowest BCUT2D eigenvalue weighted by Crippen LogP contribution is -1.88. The van der Waals surface area contributed by atoms with Crippen molar-refractivity contribution < 1.29 is 4.74 Å². The van der Waals surface area contributed by atoms with Crippen molar-refractivity contribution in [3.8, 4) is 5.75 Å². The molecule has 0 aliphatic rings. The number of hydrogen-bond acceptors (Lipinski definition) is 2. The number of ether oxygens (including phenoxy) is 1. The molecular weight excluding hydrogens is 162 g/mol. The minimum absolute atomic E-state index is 0.917. The first-order valence-corrected chi connectivity index (χ1v) is 4.20. The Morgan fingerprint density at radius 3 is 2.85 bits per heavy atom. The fourth-order valence-corrected chi connectivity index (χ4v) is 1.51. The van der Waals surface area contributed by atoms with Crippen molar-refractivity contribution in [2.24, 2.45) is 0 Å². The third-order valence-electron chi connectivity index (χ3n) is 2.26. The first-order valence-electron chi connectivity index (χ1n) is 4.20. The molecule has 1 heterocycles. The van der Waals surface area contributed by atoms with Gasteiger partial charge >= 0.3 is 0 Å². The molecule has 0 aliphatic carbocycles. The van der Waals surface area contributed by atoms with E-state index >= 15 is 0 Å². The largest absolute Gasteiger partial charge is 0.496 e. The number of aromatic nitrogens is 1. The van der Waals surface area contributed by atoms with E-state index in [0.29, 0.717) is 0 Å². The molecule has 2 rings (SSSR count). The Bertz CT molecular complexity index is 437. The highest BCUT2D eigenvalue weighted by atomic mass is 16.5. The van der Waals surface area contributed by atoms with Crippen LogP contribution in [0.3, 0.4) is 0 Å². The summed E-state index contributed by atoms with van der Waals surface area (Å²) in [6.45, 7) is 2.04. The van der Waals surface area contributed by atoms with Gasteiger partial charge in [0.05, 0.1) is 7.11 Å². The van der Waals surface area contributed by atoms with Crippen LogP contribution >= 0.6 is 0 Å². The number of hydrogen-bond donors (Lipinski definition) is 0. The van der Waals surface area contributed by atoms with Gasteiger partial charge in [-0.25, -0.2) is 0 Å². The van der Waals surface area contributed by atoms with Crippen LogP contribution in [-0.2, 0) is 0 Å². The third-order valence-corrected chi connectivity index (χ3v) is 2.26. The Morgan fingerprint density at radius 1 is 1.23 bits per heavy atom. The maximum Gasteiger partial charge on any atom is 0.122 e. The molecule has 0 fully saturated rings. The number of benzene rings is 1. The van der Waals surface area contributed by atoms with E-state index in [2.05, 4.69) is 4.98 Å². The zero-order valence-corrected chi connectivity index (χ0v) is 7.74. The molecular formula is C11H11NO. The zero-order chi connectivity index (χ0) is 9.26. The maximum atomic E-state index is 5.23. The average molecular weight is 173 g/mol. The predicted octanol–water partition coefficient (Wildman–Crippen LogP) is 2.55. The summed E-state index contributed by atoms with van der Waals surface area (Å²) in [5, 5.41) is 2.36. The van der Waals surface area contributed by atoms with Crippen molar-refractivity contribution in [3.05, 3.63) is 36.2 Å². The van der Waals surface area contributed by atoms with Gasteiger partial charge in [-0.3, -0.25) is 4.98 Å². The quantitative estimate of drug-likeness (QED) is 0.661. The van der Waals surface area contributed by atoms with Crippen molar-refractivity contribution in [1.82, 2.24) is 4.98 Å². The van der Waals surface area contributed by atoms with E-state index < -0.39 is 0 Å². The van der Waals surface area contributed by atoms with Gasteiger partial charge in [0.15, 0.2) is 0 Å². The monoisotopic (exact) mass is 173 g/mol. The van der Waals surface area contributed by atoms with Crippen LogP contribution in [0, 0.1) is 6.92 Å². The summed E-state index contributed by atoms with van der Waals surface area (Å²) < 4.78 is 5.23. The van der Waals surface area contributed by atoms with Crippen LogP contribution in [0.5, 0.6) is 5.75 Å². The highest BCUT2D eigenvalue weighted by Gasteiger charge is 2.02. The van der Waals surface area contributed by atoms with Gasteiger partial charge in [-0.15, -0.1) is 0 Å². The fraction of sp³-hybridized carbons (Fsp3) is 0.182. The highest BCUT2D eigenvalue weighted by molar-refractivity contribution is 5.86. The van der Waals surface area contributed by atoms with E-state index in [4.69, 9.17) is 4.74 Å². The summed E-state index contributed by atoms with van der Waals surface area (Å²) in [5.74, 6) is 0.917. The molecule has 0 aliphatic heterocycles. The van der Waals surface area contributed by atoms with Crippen LogP contribution in [0.4, 0.5) is 0 Å². The van der Waals surface area contributed by atoms with Gasteiger partial charge in [0.25, 0.3) is 0 Å². The molecule has 66 valence electrons. The highest BCUT2D eigenvalue weighted by Crippen LogP contribution is 2.25. The molecule has 2 nitrogen and oxygen atoms in total. The van der Waals surface area contributed by atoms with E-state index in [1.165, 1.54) is 5.39 Å². The van der Waals surface area contributed by atoms with Crippen LogP contribution < -0.4 is 4.74 Å². The van der Waals surface area contributed by atoms with Gasteiger partial charge in [0.2, 0.25) is 0 Å². The van der Waals surface area contributed by atoms with Gasteiger partial charge in [-0.2, -0.15) is 0 Å². The van der Waals surface area contributed by atoms with Crippen LogP contribution in [0.25, 0.3) is 10.8 Å². The van der Waals surface area contributed by atoms with Crippen LogP contribution in [0.2, 0.25) is 0 Å². The minimum Gasteiger partial charge on any atom is -0.496 e. The van der Waals surface area contributed by atoms with E-state index in [1.54, 1.807) is 13.3 Å². The molecule has 0 saturated carbocycles. The number of pyridine rings is 1. The third kappa shape index (κ3) is 1.24. The van der Waals surface area contributed by atoms with Crippen LogP contribution in [0.15, 0.2) is 30.6 Å². The average Bonchev–Trinajstić information content (AvgIpc) is 2.19. The molecule has 1 aromatic heterocycles. The molecule has 2 heteroatoms. The molecule has 1 aromatic carbocycles. The Labute approximate surface area is 77.2 Å². The Morgan fingerprint density at radius 2 is 2.08 bits per heavy atom. The first-order chi connectivity index (χ1) is 6.33. The van der Waals surface area contributed by atoms with Crippen LogP contribution in [-0.4, -0.2) is 12.1 Å². The van der Waals surface area contributed by atoms with E-state index in [1.807, 2.05) is 31.3 Å². The van der Waals surface area contributed by atoms with Gasteiger partial charge in [-0.1, -0.05) is 6.07 Å². The Balaban J connectivity index is 2.79. The second-order valence-corrected chi connectivity index (χ2v) is 2.99. The summed E-state index contributed by atoms with van der Waals surface area (Å²) in [6.07, 6.45) is 3.67. The predicted molar refractivity (Wildman–Crippen MR) is 53.0 cm³/mol. The molecule has 0 saturated heterocycles. The Kier molecular flexibility index (Phi) is 1.89. The fourth-order valence-electron chi connectivity index (χ4n) is 1.51. The van der Waals surface area contributed by atoms with Crippen molar-refractivity contribution >= 4 is 10.8 Å². The molecule has 0 radical (unpaired) electrons. The van der Waals surface area contributed by atoms with Gasteiger partial charge in [0, 0.05) is 23.3 Å². The van der Waals surface area contributed by atoms with E-state index in [0.717, 1.165) is 16.7 Å². The second-order valence-electron chi connectivity index (χ2n) is 2.99. The number of fused-ring (bicyclic) bond motifs is 1. The number of aryl methyl sites for hydroxylation is 1. The summed E-state index contributed by atoms with van der Waals surface area (Å²) in [6, 6.07) is 6.03. The molecule has 0 atom stereocenters. The second kappa shape index (κ2) is 3.05. The first kappa shape index (κ1) is 8.05. The van der Waals surface area contributed by atoms with E-state index in [9.17, 15) is 0 Å². The van der Waals surface area contributed by atoms with E-state index in [-0.39, 0.29) is 0 Å². The molecule has 0 N–H and O–H groups in total. The van der Waals surface area contributed by atoms with Gasteiger partial charge < -0.3 is 4.74 Å². The van der Waals surface area contributed by atoms with Crippen molar-refractivity contribution in [1.29, 1.82) is 0 Å². The molecule has 13 heavy (non-hydrogen) atoms. The summed E-state index contributed by atoms with van der Waals surface area (Å²) in [4.78, 5) is 4.09. The normalized spacial score (nSPS) is 10.3. The maximum absolute atomic E-state index is 5.23. The number of methoxy groups -OCH3 is 1. The molecule has 2 aromatic rings. The molecule has 0 amide bonds. The zero-order valence-electron chi connectivity index (χ0n) is 7.74. The number of rotatable bonds is 1. The van der Waals surface area contributed by atoms with Crippen molar-refractivity contribution in [3.63, 3.8) is 0 Å². The molecule has 0 spiro atoms. The minimum atomic E-state index is 0.917. The SMILES string of the molecule is COc1ccc2ccncc2c1C. The number of nitrogens with zero attached hydrogens (tertiary/aromatic N) is 1. The van der Waals surface area contributed by atoms with Crippen molar-refractivity contribution in [2.45, 2.75) is 6.92 Å². The molecule has 0 bridgehead atoms. The summed E-state index contributed by atoms with van der Waals surface area (Å²) >= 11 is 0. The Hall–Kier alpha value is -1.57. The lowest BCUT2D eigenvalue weighted by Gasteiger charge is -2.06. The lowest BCUT2D eigenvalue weighted by atomic mass is 10.1. The van der Waals surface area contributed by atoms with Gasteiger partial charge in [-0.05, 0) is 24.4 Å². The lowest BCUT2D eigenvalue weighted by molar-refractivity contribution is 0.412. The molecule has 0 unspecified atom stereocenters.